The maximum atomic E-state index is 11.4. The molecular weight excluding hydrogens is 278 g/mol. The van der Waals surface area contributed by atoms with Gasteiger partial charge in [0.25, 0.3) is 0 Å². The van der Waals surface area contributed by atoms with Crippen LogP contribution in [0.15, 0.2) is 24.3 Å². The van der Waals surface area contributed by atoms with E-state index in [2.05, 4.69) is 10.2 Å². The van der Waals surface area contributed by atoms with E-state index >= 15 is 0 Å². The van der Waals surface area contributed by atoms with E-state index < -0.39 is 9.84 Å². The van der Waals surface area contributed by atoms with E-state index in [1.54, 1.807) is 0 Å². The average molecular weight is 295 g/mol. The number of nitrogens with one attached hydrogen (secondary N) is 1. The molecule has 0 saturated heterocycles. The highest BCUT2D eigenvalue weighted by atomic mass is 32.2. The molecule has 3 N–H and O–H groups in total. The zero-order valence-electron chi connectivity index (χ0n) is 11.4. The molecule has 0 amide bonds. The highest BCUT2D eigenvalue weighted by Gasteiger charge is 2.16. The number of H-pyrrole nitrogens is 1. The maximum Gasteiger partial charge on any atom is 0.153 e. The van der Waals surface area contributed by atoms with Crippen molar-refractivity contribution in [3.8, 4) is 16.9 Å². The molecule has 1 aromatic heterocycles. The first-order valence-corrected chi connectivity index (χ1v) is 8.20. The summed E-state index contributed by atoms with van der Waals surface area (Å²) >= 11 is 0. The van der Waals surface area contributed by atoms with E-state index in [0.29, 0.717) is 17.9 Å². The lowest BCUT2D eigenvalue weighted by Crippen LogP contribution is -2.02. The van der Waals surface area contributed by atoms with Crippen LogP contribution in [0.25, 0.3) is 11.1 Å². The molecule has 0 aliphatic heterocycles. The Labute approximate surface area is 117 Å². The number of sulfone groups is 1. The molecule has 20 heavy (non-hydrogen) atoms. The zero-order valence-corrected chi connectivity index (χ0v) is 12.2. The number of nitrogen functional groups attached to an aromatic ring is 1. The average Bonchev–Trinajstić information content (AvgIpc) is 2.70. The molecule has 0 fully saturated rings. The Morgan fingerprint density at radius 3 is 2.50 bits per heavy atom. The number of nitrogens with zero attached hydrogens (tertiary/aromatic N) is 1. The van der Waals surface area contributed by atoms with Gasteiger partial charge < -0.3 is 10.5 Å². The summed E-state index contributed by atoms with van der Waals surface area (Å²) in [5.74, 6) is 0.913. The van der Waals surface area contributed by atoms with E-state index in [4.69, 9.17) is 10.5 Å². The van der Waals surface area contributed by atoms with Gasteiger partial charge in [-0.3, -0.25) is 5.10 Å². The maximum absolute atomic E-state index is 11.4. The monoisotopic (exact) mass is 295 g/mol. The van der Waals surface area contributed by atoms with Crippen LogP contribution in [0.4, 0.5) is 5.82 Å². The van der Waals surface area contributed by atoms with Crippen LogP contribution >= 0.6 is 0 Å². The molecule has 0 saturated carbocycles. The molecule has 0 radical (unpaired) electrons. The number of anilines is 1. The van der Waals surface area contributed by atoms with E-state index in [1.807, 2.05) is 31.2 Å². The Morgan fingerprint density at radius 2 is 1.95 bits per heavy atom. The zero-order chi connectivity index (χ0) is 14.8. The third-order valence-corrected chi connectivity index (χ3v) is 3.54. The number of aromatic nitrogens is 2. The lowest BCUT2D eigenvalue weighted by molar-refractivity contribution is 0.340. The fourth-order valence-electron chi connectivity index (χ4n) is 1.97. The Kier molecular flexibility index (Phi) is 3.99. The van der Waals surface area contributed by atoms with Gasteiger partial charge in [0.05, 0.1) is 18.1 Å². The minimum atomic E-state index is -3.16. The van der Waals surface area contributed by atoms with Crippen molar-refractivity contribution in [1.29, 1.82) is 0 Å². The summed E-state index contributed by atoms with van der Waals surface area (Å²) in [7, 11) is -3.16. The van der Waals surface area contributed by atoms with Gasteiger partial charge in [0.15, 0.2) is 15.7 Å². The van der Waals surface area contributed by atoms with Crippen LogP contribution in [0, 0.1) is 0 Å². The molecular formula is C13H17N3O3S. The Hall–Kier alpha value is -2.02. The third-order valence-electron chi connectivity index (χ3n) is 2.73. The summed E-state index contributed by atoms with van der Waals surface area (Å²) in [6, 6.07) is 7.29. The highest BCUT2D eigenvalue weighted by molar-refractivity contribution is 7.89. The fourth-order valence-corrected chi connectivity index (χ4v) is 2.70. The standard InChI is InChI=1S/C13H17N3O3S/c1-3-19-10-6-4-9(5-7-10)12-11(8-20(2,17)18)15-16-13(12)14/h4-7H,3,8H2,1-2H3,(H3,14,15,16). The van der Waals surface area contributed by atoms with Crippen LogP contribution in [-0.4, -0.2) is 31.5 Å². The van der Waals surface area contributed by atoms with Gasteiger partial charge in [-0.1, -0.05) is 12.1 Å². The molecule has 0 bridgehead atoms. The third kappa shape index (κ3) is 3.30. The van der Waals surface area contributed by atoms with Crippen molar-refractivity contribution in [2.24, 2.45) is 0 Å². The van der Waals surface area contributed by atoms with Crippen molar-refractivity contribution in [1.82, 2.24) is 10.2 Å². The van der Waals surface area contributed by atoms with E-state index in [0.717, 1.165) is 11.3 Å². The van der Waals surface area contributed by atoms with Crippen LogP contribution in [0.5, 0.6) is 5.75 Å². The quantitative estimate of drug-likeness (QED) is 0.873. The van der Waals surface area contributed by atoms with Crippen LogP contribution in [0.2, 0.25) is 0 Å². The SMILES string of the molecule is CCOc1ccc(-c2c(N)n[nH]c2CS(C)(=O)=O)cc1. The smallest absolute Gasteiger partial charge is 0.153 e. The van der Waals surface area contributed by atoms with Gasteiger partial charge in [-0.2, -0.15) is 5.10 Å². The van der Waals surface area contributed by atoms with Gasteiger partial charge in [0, 0.05) is 11.8 Å². The van der Waals surface area contributed by atoms with Gasteiger partial charge >= 0.3 is 0 Å². The van der Waals surface area contributed by atoms with E-state index in [1.165, 1.54) is 6.26 Å². The molecule has 0 spiro atoms. The summed E-state index contributed by atoms with van der Waals surface area (Å²) in [4.78, 5) is 0. The van der Waals surface area contributed by atoms with Gasteiger partial charge in [-0.15, -0.1) is 0 Å². The first kappa shape index (κ1) is 14.4. The molecule has 0 aliphatic rings. The van der Waals surface area contributed by atoms with Gasteiger partial charge in [-0.05, 0) is 24.6 Å². The molecule has 2 aromatic rings. The van der Waals surface area contributed by atoms with Crippen molar-refractivity contribution >= 4 is 15.7 Å². The summed E-state index contributed by atoms with van der Waals surface area (Å²) in [6.45, 7) is 2.50. The molecule has 1 aromatic carbocycles. The van der Waals surface area contributed by atoms with Crippen molar-refractivity contribution in [3.63, 3.8) is 0 Å². The summed E-state index contributed by atoms with van der Waals surface area (Å²) < 4.78 is 28.2. The van der Waals surface area contributed by atoms with Crippen LogP contribution in [0.1, 0.15) is 12.6 Å². The van der Waals surface area contributed by atoms with Crippen molar-refractivity contribution in [2.45, 2.75) is 12.7 Å². The molecule has 0 unspecified atom stereocenters. The number of hydrogen-bond donors (Lipinski definition) is 2. The molecule has 0 aliphatic carbocycles. The Morgan fingerprint density at radius 1 is 1.30 bits per heavy atom. The predicted octanol–water partition coefficient (Wildman–Crippen LogP) is 1.60. The summed E-state index contributed by atoms with van der Waals surface area (Å²) in [6.07, 6.45) is 1.17. The van der Waals surface area contributed by atoms with Gasteiger partial charge in [0.1, 0.15) is 5.75 Å². The number of aromatic amines is 1. The number of ether oxygens (including phenoxy) is 1. The summed E-state index contributed by atoms with van der Waals surface area (Å²) in [5, 5.41) is 6.58. The molecule has 0 atom stereocenters. The lowest BCUT2D eigenvalue weighted by atomic mass is 10.1. The molecule has 2 rings (SSSR count). The minimum absolute atomic E-state index is 0.125. The minimum Gasteiger partial charge on any atom is -0.494 e. The number of rotatable bonds is 5. The number of benzene rings is 1. The van der Waals surface area contributed by atoms with Crippen LogP contribution in [0.3, 0.4) is 0 Å². The molecule has 108 valence electrons. The van der Waals surface area contributed by atoms with Crippen LogP contribution in [-0.2, 0) is 15.6 Å². The second-order valence-electron chi connectivity index (χ2n) is 4.49. The largest absolute Gasteiger partial charge is 0.494 e. The van der Waals surface area contributed by atoms with E-state index in [9.17, 15) is 8.42 Å². The van der Waals surface area contributed by atoms with Gasteiger partial charge in [0.2, 0.25) is 0 Å². The number of hydrogen-bond acceptors (Lipinski definition) is 5. The van der Waals surface area contributed by atoms with Crippen molar-refractivity contribution < 1.29 is 13.2 Å². The predicted molar refractivity (Wildman–Crippen MR) is 78.2 cm³/mol. The second kappa shape index (κ2) is 5.54. The highest BCUT2D eigenvalue weighted by Crippen LogP contribution is 2.30. The summed E-state index contributed by atoms with van der Waals surface area (Å²) in [5.41, 5.74) is 7.74. The Balaban J connectivity index is 2.39. The van der Waals surface area contributed by atoms with Crippen molar-refractivity contribution in [2.75, 3.05) is 18.6 Å². The fraction of sp³-hybridized carbons (Fsp3) is 0.308. The van der Waals surface area contributed by atoms with Gasteiger partial charge in [-0.25, -0.2) is 8.42 Å². The lowest BCUT2D eigenvalue weighted by Gasteiger charge is -2.06. The first-order chi connectivity index (χ1) is 9.40. The Bertz CT molecular complexity index is 690. The molecule has 1 heterocycles. The topological polar surface area (TPSA) is 98.1 Å². The first-order valence-electron chi connectivity index (χ1n) is 6.14. The molecule has 6 nitrogen and oxygen atoms in total. The molecule has 7 heteroatoms. The van der Waals surface area contributed by atoms with Crippen LogP contribution < -0.4 is 10.5 Å². The van der Waals surface area contributed by atoms with Crippen molar-refractivity contribution in [3.05, 3.63) is 30.0 Å². The van der Waals surface area contributed by atoms with E-state index in [-0.39, 0.29) is 11.6 Å². The normalized spacial score (nSPS) is 11.5. The second-order valence-corrected chi connectivity index (χ2v) is 6.63. The number of nitrogens with two attached hydrogens (primary N) is 1.